The van der Waals surface area contributed by atoms with E-state index in [1.807, 2.05) is 31.2 Å². The largest absolute Gasteiger partial charge is 0.456 e. The van der Waals surface area contributed by atoms with Crippen molar-refractivity contribution >= 4 is 28.6 Å². The summed E-state index contributed by atoms with van der Waals surface area (Å²) in [6.07, 6.45) is 0.115. The van der Waals surface area contributed by atoms with Crippen molar-refractivity contribution in [1.29, 1.82) is 0 Å². The van der Waals surface area contributed by atoms with E-state index < -0.39 is 18.5 Å². The van der Waals surface area contributed by atoms with Crippen LogP contribution in [-0.2, 0) is 20.7 Å². The summed E-state index contributed by atoms with van der Waals surface area (Å²) in [5.74, 6) is 0.110. The predicted octanol–water partition coefficient (Wildman–Crippen LogP) is 3.11. The minimum atomic E-state index is -0.584. The first kappa shape index (κ1) is 21.9. The molecule has 0 spiro atoms. The number of carbonyl (C=O) groups excluding carboxylic acids is 2. The molecule has 2 aromatic carbocycles. The van der Waals surface area contributed by atoms with E-state index in [0.29, 0.717) is 28.2 Å². The van der Waals surface area contributed by atoms with E-state index in [9.17, 15) is 14.4 Å². The summed E-state index contributed by atoms with van der Waals surface area (Å²) in [6, 6.07) is 16.1. The fraction of sp³-hybridized carbons (Fsp3) is 0.208. The fourth-order valence-electron chi connectivity index (χ4n) is 3.34. The normalized spacial score (nSPS) is 10.8. The predicted molar refractivity (Wildman–Crippen MR) is 121 cm³/mol. The number of aromatic nitrogens is 3. The number of hydrogen-bond donors (Lipinski definition) is 1. The summed E-state index contributed by atoms with van der Waals surface area (Å²) >= 11 is 0. The Morgan fingerprint density at radius 3 is 2.58 bits per heavy atom. The second kappa shape index (κ2) is 9.47. The number of para-hydroxylation sites is 1. The molecule has 0 aliphatic heterocycles. The number of aryl methyl sites for hydroxylation is 3. The third kappa shape index (κ3) is 5.15. The number of ether oxygens (including phenoxy) is 1. The molecule has 2 aromatic heterocycles. The van der Waals surface area contributed by atoms with Crippen LogP contribution in [0.2, 0.25) is 0 Å². The molecule has 9 heteroatoms. The lowest BCUT2D eigenvalue weighted by Gasteiger charge is -2.14. The highest BCUT2D eigenvalue weighted by Gasteiger charge is 2.15. The molecule has 0 saturated heterocycles. The molecule has 0 atom stereocenters. The molecule has 168 valence electrons. The maximum absolute atomic E-state index is 13.2. The maximum Gasteiger partial charge on any atom is 0.306 e. The SMILES string of the molecule is Cc1ccc(-n2c(CCC(=O)OCC(=O)Nc3cc(C)on3)nc3ccccc3c2=O)cc1. The third-order valence-electron chi connectivity index (χ3n) is 4.95. The van der Waals surface area contributed by atoms with Gasteiger partial charge in [-0.05, 0) is 38.1 Å². The molecule has 1 amide bonds. The Bertz CT molecular complexity index is 1370. The van der Waals surface area contributed by atoms with E-state index in [2.05, 4.69) is 15.5 Å². The number of hydrogen-bond acceptors (Lipinski definition) is 7. The number of nitrogens with zero attached hydrogens (tertiary/aromatic N) is 3. The molecule has 0 radical (unpaired) electrons. The second-order valence-electron chi connectivity index (χ2n) is 7.55. The zero-order chi connectivity index (χ0) is 23.4. The van der Waals surface area contributed by atoms with Gasteiger partial charge in [-0.3, -0.25) is 19.0 Å². The van der Waals surface area contributed by atoms with Crippen LogP contribution in [0.3, 0.4) is 0 Å². The lowest BCUT2D eigenvalue weighted by Crippen LogP contribution is -2.25. The molecule has 33 heavy (non-hydrogen) atoms. The molecule has 2 heterocycles. The number of benzene rings is 2. The highest BCUT2D eigenvalue weighted by atomic mass is 16.5. The van der Waals surface area contributed by atoms with E-state index in [1.54, 1.807) is 37.3 Å². The van der Waals surface area contributed by atoms with Crippen molar-refractivity contribution in [2.45, 2.75) is 26.7 Å². The summed E-state index contributed by atoms with van der Waals surface area (Å²) in [5.41, 5.74) is 2.06. The topological polar surface area (TPSA) is 116 Å². The van der Waals surface area contributed by atoms with Crippen molar-refractivity contribution in [3.05, 3.63) is 82.1 Å². The molecule has 0 fully saturated rings. The summed E-state index contributed by atoms with van der Waals surface area (Å²) in [6.45, 7) is 3.20. The monoisotopic (exact) mass is 446 g/mol. The van der Waals surface area contributed by atoms with Gasteiger partial charge >= 0.3 is 5.97 Å². The summed E-state index contributed by atoms with van der Waals surface area (Å²) < 4.78 is 11.4. The van der Waals surface area contributed by atoms with Gasteiger partial charge < -0.3 is 14.6 Å². The molecule has 1 N–H and O–H groups in total. The van der Waals surface area contributed by atoms with Crippen molar-refractivity contribution in [2.24, 2.45) is 0 Å². The fourth-order valence-corrected chi connectivity index (χ4v) is 3.34. The van der Waals surface area contributed by atoms with E-state index in [0.717, 1.165) is 5.56 Å². The van der Waals surface area contributed by atoms with Crippen LogP contribution in [0.15, 0.2) is 63.9 Å². The Morgan fingerprint density at radius 1 is 1.09 bits per heavy atom. The highest BCUT2D eigenvalue weighted by Crippen LogP contribution is 2.15. The number of rotatable bonds is 7. The average Bonchev–Trinajstić information content (AvgIpc) is 3.21. The number of fused-ring (bicyclic) bond motifs is 1. The van der Waals surface area contributed by atoms with Gasteiger partial charge in [0.2, 0.25) is 0 Å². The van der Waals surface area contributed by atoms with Crippen LogP contribution >= 0.6 is 0 Å². The molecule has 0 bridgehead atoms. The Hall–Kier alpha value is -4.27. The molecule has 0 aliphatic carbocycles. The zero-order valence-corrected chi connectivity index (χ0v) is 18.2. The molecular weight excluding hydrogens is 424 g/mol. The van der Waals surface area contributed by atoms with Crippen molar-refractivity contribution in [2.75, 3.05) is 11.9 Å². The van der Waals surface area contributed by atoms with Crippen LogP contribution in [0.1, 0.15) is 23.6 Å². The standard InChI is InChI=1S/C24H22N4O5/c1-15-7-9-17(10-8-15)28-21(25-19-6-4-3-5-18(19)24(28)31)11-12-23(30)32-14-22(29)26-20-13-16(2)33-27-20/h3-10,13H,11-12,14H2,1-2H3,(H,26,27,29). The number of amides is 1. The van der Waals surface area contributed by atoms with Crippen LogP contribution in [0.25, 0.3) is 16.6 Å². The maximum atomic E-state index is 13.2. The zero-order valence-electron chi connectivity index (χ0n) is 18.2. The first-order chi connectivity index (χ1) is 15.9. The van der Waals surface area contributed by atoms with Gasteiger partial charge in [-0.25, -0.2) is 4.98 Å². The second-order valence-corrected chi connectivity index (χ2v) is 7.55. The molecule has 9 nitrogen and oxygen atoms in total. The van der Waals surface area contributed by atoms with Gasteiger partial charge in [0, 0.05) is 12.5 Å². The lowest BCUT2D eigenvalue weighted by atomic mass is 10.2. The Morgan fingerprint density at radius 2 is 1.85 bits per heavy atom. The van der Waals surface area contributed by atoms with E-state index in [4.69, 9.17) is 9.26 Å². The van der Waals surface area contributed by atoms with Crippen molar-refractivity contribution in [3.8, 4) is 5.69 Å². The van der Waals surface area contributed by atoms with Crippen LogP contribution in [0, 0.1) is 13.8 Å². The minimum absolute atomic E-state index is 0.0486. The van der Waals surface area contributed by atoms with Gasteiger partial charge in [-0.2, -0.15) is 0 Å². The van der Waals surface area contributed by atoms with Gasteiger partial charge in [-0.15, -0.1) is 0 Å². The van der Waals surface area contributed by atoms with Crippen LogP contribution in [-0.4, -0.2) is 33.2 Å². The molecule has 0 unspecified atom stereocenters. The molecular formula is C24H22N4O5. The number of anilines is 1. The third-order valence-corrected chi connectivity index (χ3v) is 4.95. The number of nitrogens with one attached hydrogen (secondary N) is 1. The lowest BCUT2D eigenvalue weighted by molar-refractivity contribution is -0.147. The summed E-state index contributed by atoms with van der Waals surface area (Å²) in [5, 5.41) is 6.61. The van der Waals surface area contributed by atoms with Gasteiger partial charge in [0.15, 0.2) is 12.4 Å². The Labute approximate surface area is 189 Å². The van der Waals surface area contributed by atoms with Crippen molar-refractivity contribution in [3.63, 3.8) is 0 Å². The first-order valence-corrected chi connectivity index (χ1v) is 10.4. The Kier molecular flexibility index (Phi) is 6.30. The van der Waals surface area contributed by atoms with E-state index in [-0.39, 0.29) is 24.2 Å². The first-order valence-electron chi connectivity index (χ1n) is 10.4. The van der Waals surface area contributed by atoms with Crippen LogP contribution in [0.5, 0.6) is 0 Å². The summed E-state index contributed by atoms with van der Waals surface area (Å²) in [7, 11) is 0. The van der Waals surface area contributed by atoms with Gasteiger partial charge in [0.1, 0.15) is 11.6 Å². The van der Waals surface area contributed by atoms with Gasteiger partial charge in [-0.1, -0.05) is 35.0 Å². The van der Waals surface area contributed by atoms with E-state index in [1.165, 1.54) is 4.57 Å². The smallest absolute Gasteiger partial charge is 0.306 e. The van der Waals surface area contributed by atoms with Crippen LogP contribution < -0.4 is 10.9 Å². The number of carbonyl (C=O) groups is 2. The molecule has 4 rings (SSSR count). The number of esters is 1. The Balaban J connectivity index is 1.49. The summed E-state index contributed by atoms with van der Waals surface area (Å²) in [4.78, 5) is 42.0. The molecule has 0 aliphatic rings. The molecule has 0 saturated carbocycles. The van der Waals surface area contributed by atoms with Crippen LogP contribution in [0.4, 0.5) is 5.82 Å². The quantitative estimate of drug-likeness (QED) is 0.434. The average molecular weight is 446 g/mol. The minimum Gasteiger partial charge on any atom is -0.456 e. The van der Waals surface area contributed by atoms with Gasteiger partial charge in [0.05, 0.1) is 23.0 Å². The highest BCUT2D eigenvalue weighted by molar-refractivity contribution is 5.91. The van der Waals surface area contributed by atoms with E-state index >= 15 is 0 Å². The van der Waals surface area contributed by atoms with Crippen molar-refractivity contribution < 1.29 is 18.8 Å². The van der Waals surface area contributed by atoms with Crippen molar-refractivity contribution in [1.82, 2.24) is 14.7 Å². The molecule has 4 aromatic rings. The van der Waals surface area contributed by atoms with Gasteiger partial charge in [0.25, 0.3) is 11.5 Å².